The van der Waals surface area contributed by atoms with Gasteiger partial charge in [-0.2, -0.15) is 5.26 Å². The molecule has 0 aliphatic rings. The Morgan fingerprint density at radius 3 is 1.52 bits per heavy atom. The van der Waals surface area contributed by atoms with E-state index in [2.05, 4.69) is 197 Å². The SMILES string of the molecule is [C-]#[N+]c1c(-c2ccccc2)c(-n2c3c(ccc4c5ccccc5sc43)c3ccc4c5ccccc5sc4c32)c(-c2ccccc2)c(C#N)c1-n1c2ccc(-c3ccccc3)cc2c2ccc3c4ccccc4oc3c21. The predicted octanol–water partition coefficient (Wildman–Crippen LogP) is 19.9. The van der Waals surface area contributed by atoms with Crippen molar-refractivity contribution in [2.24, 2.45) is 0 Å². The van der Waals surface area contributed by atoms with E-state index < -0.39 is 0 Å². The minimum Gasteiger partial charge on any atom is -0.454 e. The number of nitriles is 1. The lowest BCUT2D eigenvalue weighted by atomic mass is 9.88. The van der Waals surface area contributed by atoms with Gasteiger partial charge in [0, 0.05) is 74.4 Å². The van der Waals surface area contributed by atoms with E-state index in [1.807, 2.05) is 36.4 Å². The van der Waals surface area contributed by atoms with Crippen LogP contribution in [0.5, 0.6) is 0 Å². The van der Waals surface area contributed by atoms with Crippen molar-refractivity contribution >= 4 is 134 Å². The molecule has 16 aromatic rings. The van der Waals surface area contributed by atoms with E-state index in [9.17, 15) is 11.8 Å². The summed E-state index contributed by atoms with van der Waals surface area (Å²) in [7, 11) is 0. The largest absolute Gasteiger partial charge is 0.454 e. The van der Waals surface area contributed by atoms with Gasteiger partial charge in [0.25, 0.3) is 0 Å². The highest BCUT2D eigenvalue weighted by Crippen LogP contribution is 2.55. The fourth-order valence-corrected chi connectivity index (χ4v) is 14.7. The summed E-state index contributed by atoms with van der Waals surface area (Å²) in [6, 6.07) is 79.5. The third-order valence-electron chi connectivity index (χ3n) is 15.4. The van der Waals surface area contributed by atoms with Crippen molar-refractivity contribution in [3.05, 3.63) is 235 Å². The number of hydrogen-bond donors (Lipinski definition) is 0. The van der Waals surface area contributed by atoms with Crippen LogP contribution in [0.1, 0.15) is 5.56 Å². The molecule has 0 saturated carbocycles. The summed E-state index contributed by atoms with van der Waals surface area (Å²) in [6.07, 6.45) is 0. The van der Waals surface area contributed by atoms with Gasteiger partial charge < -0.3 is 13.6 Å². The first-order valence-corrected chi connectivity index (χ1v) is 26.6. The number of furan rings is 1. The molecule has 0 saturated heterocycles. The second kappa shape index (κ2) is 15.9. The summed E-state index contributed by atoms with van der Waals surface area (Å²) >= 11 is 3.60. The highest BCUT2D eigenvalue weighted by molar-refractivity contribution is 7.27. The smallest absolute Gasteiger partial charge is 0.221 e. The van der Waals surface area contributed by atoms with Crippen molar-refractivity contribution in [2.75, 3.05) is 0 Å². The van der Waals surface area contributed by atoms with Gasteiger partial charge in [0.2, 0.25) is 5.69 Å². The zero-order valence-corrected chi connectivity index (χ0v) is 41.4. The molecule has 5 aromatic heterocycles. The Bertz CT molecular complexity index is 4990. The van der Waals surface area contributed by atoms with Crippen LogP contribution in [0.3, 0.4) is 0 Å². The highest BCUT2D eigenvalue weighted by atomic mass is 32.1. The molecule has 0 N–H and O–H groups in total. The Morgan fingerprint density at radius 2 is 0.920 bits per heavy atom. The fourth-order valence-electron chi connectivity index (χ4n) is 12.2. The van der Waals surface area contributed by atoms with Crippen LogP contribution in [0.2, 0.25) is 0 Å². The molecule has 0 spiro atoms. The van der Waals surface area contributed by atoms with Crippen LogP contribution in [0.25, 0.3) is 155 Å². The summed E-state index contributed by atoms with van der Waals surface area (Å²) in [5.41, 5.74) is 12.6. The number of thiophene rings is 2. The molecule has 16 rings (SSSR count). The van der Waals surface area contributed by atoms with Crippen LogP contribution in [0, 0.1) is 17.9 Å². The molecule has 7 heteroatoms. The Morgan fingerprint density at radius 1 is 0.413 bits per heavy atom. The first kappa shape index (κ1) is 41.8. The first-order chi connectivity index (χ1) is 37.2. The zero-order chi connectivity index (χ0) is 49.5. The van der Waals surface area contributed by atoms with E-state index in [1.165, 1.54) is 30.9 Å². The Kier molecular flexibility index (Phi) is 8.85. The van der Waals surface area contributed by atoms with E-state index in [-0.39, 0.29) is 0 Å². The van der Waals surface area contributed by atoms with Gasteiger partial charge in [0.05, 0.1) is 55.0 Å². The average molecular weight is 989 g/mol. The van der Waals surface area contributed by atoms with E-state index in [4.69, 9.17) is 9.26 Å². The molecule has 346 valence electrons. The molecule has 5 nitrogen and oxygen atoms in total. The van der Waals surface area contributed by atoms with Crippen molar-refractivity contribution in [3.8, 4) is 50.8 Å². The maximum absolute atomic E-state index is 12.4. The van der Waals surface area contributed by atoms with Crippen LogP contribution in [0.15, 0.2) is 223 Å². The summed E-state index contributed by atoms with van der Waals surface area (Å²) < 4.78 is 16.3. The van der Waals surface area contributed by atoms with Crippen molar-refractivity contribution < 1.29 is 4.42 Å². The predicted molar refractivity (Wildman–Crippen MR) is 315 cm³/mol. The quantitative estimate of drug-likeness (QED) is 0.161. The van der Waals surface area contributed by atoms with E-state index >= 15 is 0 Å². The summed E-state index contributed by atoms with van der Waals surface area (Å²) in [5.74, 6) is 0. The van der Waals surface area contributed by atoms with Crippen LogP contribution >= 0.6 is 22.7 Å². The van der Waals surface area contributed by atoms with E-state index in [0.717, 1.165) is 108 Å². The Hall–Kier alpha value is -9.76. The molecule has 0 aliphatic carbocycles. The lowest BCUT2D eigenvalue weighted by Gasteiger charge is -2.26. The Balaban J connectivity index is 1.17. The lowest BCUT2D eigenvalue weighted by Crippen LogP contribution is -2.08. The van der Waals surface area contributed by atoms with Crippen LogP contribution < -0.4 is 0 Å². The van der Waals surface area contributed by atoms with Gasteiger partial charge >= 0.3 is 0 Å². The second-order valence-corrected chi connectivity index (χ2v) is 21.3. The van der Waals surface area contributed by atoms with Crippen LogP contribution in [-0.4, -0.2) is 9.13 Å². The second-order valence-electron chi connectivity index (χ2n) is 19.2. The van der Waals surface area contributed by atoms with Gasteiger partial charge in [-0.05, 0) is 58.7 Å². The van der Waals surface area contributed by atoms with Gasteiger partial charge in [-0.25, -0.2) is 4.85 Å². The topological polar surface area (TPSA) is 51.1 Å². The minimum atomic E-state index is 0.369. The van der Waals surface area contributed by atoms with Gasteiger partial charge in [-0.3, -0.25) is 0 Å². The zero-order valence-electron chi connectivity index (χ0n) is 39.8. The number of para-hydroxylation sites is 1. The van der Waals surface area contributed by atoms with E-state index in [1.54, 1.807) is 22.7 Å². The van der Waals surface area contributed by atoms with E-state index in [0.29, 0.717) is 22.5 Å². The molecule has 0 unspecified atom stereocenters. The van der Waals surface area contributed by atoms with Crippen molar-refractivity contribution in [3.63, 3.8) is 0 Å². The average Bonchev–Trinajstić information content (AvgIpc) is 4.29. The van der Waals surface area contributed by atoms with Gasteiger partial charge in [-0.15, -0.1) is 22.7 Å². The van der Waals surface area contributed by atoms with Crippen molar-refractivity contribution in [1.29, 1.82) is 5.26 Å². The molecule has 0 bridgehead atoms. The van der Waals surface area contributed by atoms with Crippen molar-refractivity contribution in [2.45, 2.75) is 0 Å². The fraction of sp³-hybridized carbons (Fsp3) is 0. The number of hydrogen-bond acceptors (Lipinski definition) is 4. The maximum atomic E-state index is 12.4. The number of nitrogens with zero attached hydrogens (tertiary/aromatic N) is 4. The van der Waals surface area contributed by atoms with Gasteiger partial charge in [0.15, 0.2) is 5.58 Å². The highest BCUT2D eigenvalue weighted by Gasteiger charge is 2.34. The number of benzene rings is 11. The number of fused-ring (bicyclic) bond motifs is 18. The standard InChI is InChI=1S/C68H36N4OS2/c1-70-60-59(41-21-9-4-10-22-41)65(72-63-46(31-34-50-44-24-12-15-27-56(44)74-67(50)63)47-32-35-51-45-25-13-16-28-57(45)75-68(51)64(47)72)58(40-19-7-3-8-20-40)53(38-69)61(60)71-54-36-29-42(39-17-5-2-6-18-39)37-52(54)48-30-33-49-43-23-11-14-26-55(43)73-66(49)62(48)71/h2-37H. The third-order valence-corrected chi connectivity index (χ3v) is 17.8. The molecule has 0 atom stereocenters. The molecule has 11 aromatic carbocycles. The maximum Gasteiger partial charge on any atom is 0.221 e. The summed E-state index contributed by atoms with van der Waals surface area (Å²) in [4.78, 5) is 4.71. The summed E-state index contributed by atoms with van der Waals surface area (Å²) in [5, 5.41) is 23.2. The van der Waals surface area contributed by atoms with Gasteiger partial charge in [-0.1, -0.05) is 182 Å². The number of aromatic nitrogens is 2. The van der Waals surface area contributed by atoms with Gasteiger partial charge in [0.1, 0.15) is 11.7 Å². The normalized spacial score (nSPS) is 12.0. The molecular formula is C68H36N4OS2. The molecule has 5 heterocycles. The minimum absolute atomic E-state index is 0.369. The molecule has 0 aliphatic heterocycles. The molecule has 0 radical (unpaired) electrons. The Labute approximate surface area is 436 Å². The van der Waals surface area contributed by atoms with Crippen molar-refractivity contribution in [1.82, 2.24) is 9.13 Å². The third kappa shape index (κ3) is 5.79. The molecule has 0 amide bonds. The summed E-state index contributed by atoms with van der Waals surface area (Å²) in [6.45, 7) is 9.67. The monoisotopic (exact) mass is 988 g/mol. The molecular weight excluding hydrogens is 953 g/mol. The first-order valence-electron chi connectivity index (χ1n) is 24.9. The molecule has 0 fully saturated rings. The van der Waals surface area contributed by atoms with Crippen LogP contribution in [0.4, 0.5) is 5.69 Å². The van der Waals surface area contributed by atoms with Crippen LogP contribution in [-0.2, 0) is 0 Å². The molecule has 75 heavy (non-hydrogen) atoms. The lowest BCUT2D eigenvalue weighted by molar-refractivity contribution is 0.671. The number of rotatable bonds is 5.